The van der Waals surface area contributed by atoms with Gasteiger partial charge in [-0.05, 0) is 19.4 Å². The van der Waals surface area contributed by atoms with Gasteiger partial charge in [-0.15, -0.1) is 0 Å². The average molecular weight is 169 g/mol. The Morgan fingerprint density at radius 1 is 1.33 bits per heavy atom. The van der Waals surface area contributed by atoms with Crippen LogP contribution in [0.15, 0.2) is 0 Å². The van der Waals surface area contributed by atoms with Crippen molar-refractivity contribution in [1.82, 2.24) is 4.90 Å². The van der Waals surface area contributed by atoms with E-state index >= 15 is 0 Å². The van der Waals surface area contributed by atoms with E-state index in [2.05, 4.69) is 11.8 Å². The lowest BCUT2D eigenvalue weighted by Gasteiger charge is -2.43. The summed E-state index contributed by atoms with van der Waals surface area (Å²) in [5.41, 5.74) is 0. The summed E-state index contributed by atoms with van der Waals surface area (Å²) in [6.45, 7) is 5.56. The summed E-state index contributed by atoms with van der Waals surface area (Å²) in [7, 11) is 0. The van der Waals surface area contributed by atoms with E-state index in [1.54, 1.807) is 0 Å². The normalized spacial score (nSPS) is 37.8. The van der Waals surface area contributed by atoms with Crippen LogP contribution in [0, 0.1) is 0 Å². The minimum absolute atomic E-state index is 0.562. The van der Waals surface area contributed by atoms with Crippen molar-refractivity contribution in [3.63, 3.8) is 0 Å². The smallest absolute Gasteiger partial charge is 0.0730 e. The molecule has 1 heterocycles. The van der Waals surface area contributed by atoms with Crippen molar-refractivity contribution in [3.05, 3.63) is 0 Å². The maximum Gasteiger partial charge on any atom is 0.0730 e. The predicted molar refractivity (Wildman–Crippen MR) is 49.2 cm³/mol. The molecule has 0 radical (unpaired) electrons. The van der Waals surface area contributed by atoms with Gasteiger partial charge in [0.1, 0.15) is 0 Å². The van der Waals surface area contributed by atoms with Gasteiger partial charge in [0.15, 0.2) is 0 Å². The molecule has 2 fully saturated rings. The molecule has 2 nitrogen and oxygen atoms in total. The molecule has 0 spiro atoms. The maximum absolute atomic E-state index is 5.77. The molecule has 2 heteroatoms. The van der Waals surface area contributed by atoms with E-state index in [9.17, 15) is 0 Å². The molecule has 2 rings (SSSR count). The van der Waals surface area contributed by atoms with Gasteiger partial charge in [0.2, 0.25) is 0 Å². The van der Waals surface area contributed by atoms with Crippen LogP contribution in [0.4, 0.5) is 0 Å². The molecule has 0 aromatic heterocycles. The summed E-state index contributed by atoms with van der Waals surface area (Å²) in [6.07, 6.45) is 5.99. The topological polar surface area (TPSA) is 12.5 Å². The molecule has 0 bridgehead atoms. The van der Waals surface area contributed by atoms with Crippen molar-refractivity contribution in [2.45, 2.75) is 44.8 Å². The monoisotopic (exact) mass is 169 g/mol. The van der Waals surface area contributed by atoms with Crippen molar-refractivity contribution in [1.29, 1.82) is 0 Å². The maximum atomic E-state index is 5.77. The van der Waals surface area contributed by atoms with Gasteiger partial charge in [-0.25, -0.2) is 0 Å². The zero-order valence-corrected chi connectivity index (χ0v) is 7.96. The average Bonchev–Trinajstić information content (AvgIpc) is 2.17. The fourth-order valence-electron chi connectivity index (χ4n) is 2.57. The Morgan fingerprint density at radius 2 is 2.17 bits per heavy atom. The number of morpholine rings is 1. The Balaban J connectivity index is 1.99. The van der Waals surface area contributed by atoms with Crippen LogP contribution in [-0.2, 0) is 4.74 Å². The van der Waals surface area contributed by atoms with Crippen molar-refractivity contribution in [2.24, 2.45) is 0 Å². The minimum atomic E-state index is 0.562. The molecule has 0 amide bonds. The largest absolute Gasteiger partial charge is 0.375 e. The van der Waals surface area contributed by atoms with Crippen LogP contribution in [0.5, 0.6) is 0 Å². The number of hydrogen-bond donors (Lipinski definition) is 0. The lowest BCUT2D eigenvalue weighted by Crippen LogP contribution is -2.52. The fraction of sp³-hybridized carbons (Fsp3) is 1.00. The van der Waals surface area contributed by atoms with Gasteiger partial charge in [-0.3, -0.25) is 4.90 Å². The third kappa shape index (κ3) is 1.50. The first-order valence-corrected chi connectivity index (χ1v) is 5.27. The molecule has 1 aliphatic carbocycles. The summed E-state index contributed by atoms with van der Waals surface area (Å²) in [5, 5.41) is 0. The summed E-state index contributed by atoms with van der Waals surface area (Å²) < 4.78 is 5.77. The molecular weight excluding hydrogens is 150 g/mol. The van der Waals surface area contributed by atoms with Crippen molar-refractivity contribution in [3.8, 4) is 0 Å². The molecule has 2 unspecified atom stereocenters. The highest BCUT2D eigenvalue weighted by atomic mass is 16.5. The first-order chi connectivity index (χ1) is 5.92. The van der Waals surface area contributed by atoms with Gasteiger partial charge in [0.05, 0.1) is 12.7 Å². The summed E-state index contributed by atoms with van der Waals surface area (Å²) in [5.74, 6) is 0. The molecule has 0 aromatic carbocycles. The third-order valence-corrected chi connectivity index (χ3v) is 3.25. The zero-order chi connectivity index (χ0) is 8.39. The fourth-order valence-corrected chi connectivity index (χ4v) is 2.57. The van der Waals surface area contributed by atoms with Crippen molar-refractivity contribution in [2.75, 3.05) is 19.7 Å². The zero-order valence-electron chi connectivity index (χ0n) is 7.96. The molecular formula is C10H19NO. The summed E-state index contributed by atoms with van der Waals surface area (Å²) in [4.78, 5) is 2.59. The predicted octanol–water partition coefficient (Wildman–Crippen LogP) is 1.65. The Morgan fingerprint density at radius 3 is 3.00 bits per heavy atom. The standard InChI is InChI=1S/C10H19NO/c1-2-11-7-8-12-10-6-4-3-5-9(10)11/h9-10H,2-8H2,1H3. The Bertz CT molecular complexity index is 140. The highest BCUT2D eigenvalue weighted by Crippen LogP contribution is 2.27. The number of likely N-dealkylation sites (N-methyl/N-ethyl adjacent to an activating group) is 1. The second-order valence-electron chi connectivity index (χ2n) is 3.89. The number of nitrogens with zero attached hydrogens (tertiary/aromatic N) is 1. The quantitative estimate of drug-likeness (QED) is 0.592. The van der Waals surface area contributed by atoms with Gasteiger partial charge in [0.25, 0.3) is 0 Å². The second kappa shape index (κ2) is 3.75. The number of hydrogen-bond acceptors (Lipinski definition) is 2. The van der Waals surface area contributed by atoms with Gasteiger partial charge in [-0.1, -0.05) is 19.8 Å². The van der Waals surface area contributed by atoms with E-state index < -0.39 is 0 Å². The first kappa shape index (κ1) is 8.52. The number of ether oxygens (including phenoxy) is 1. The summed E-state index contributed by atoms with van der Waals surface area (Å²) in [6, 6.07) is 0.748. The molecule has 1 saturated carbocycles. The Labute approximate surface area is 74.9 Å². The molecule has 0 aromatic rings. The van der Waals surface area contributed by atoms with E-state index in [0.29, 0.717) is 6.10 Å². The third-order valence-electron chi connectivity index (χ3n) is 3.25. The highest BCUT2D eigenvalue weighted by molar-refractivity contribution is 4.86. The van der Waals surface area contributed by atoms with Crippen LogP contribution < -0.4 is 0 Å². The minimum Gasteiger partial charge on any atom is -0.375 e. The Kier molecular flexibility index (Phi) is 2.66. The molecule has 70 valence electrons. The lowest BCUT2D eigenvalue weighted by atomic mass is 9.90. The molecule has 1 aliphatic heterocycles. The van der Waals surface area contributed by atoms with E-state index in [-0.39, 0.29) is 0 Å². The molecule has 2 aliphatic rings. The van der Waals surface area contributed by atoms with Gasteiger partial charge in [0, 0.05) is 12.6 Å². The molecule has 2 atom stereocenters. The van der Waals surface area contributed by atoms with Crippen LogP contribution >= 0.6 is 0 Å². The van der Waals surface area contributed by atoms with Gasteiger partial charge >= 0.3 is 0 Å². The van der Waals surface area contributed by atoms with Crippen LogP contribution in [-0.4, -0.2) is 36.7 Å². The summed E-state index contributed by atoms with van der Waals surface area (Å²) >= 11 is 0. The van der Waals surface area contributed by atoms with Gasteiger partial charge in [-0.2, -0.15) is 0 Å². The van der Waals surface area contributed by atoms with Crippen LogP contribution in [0.3, 0.4) is 0 Å². The van der Waals surface area contributed by atoms with E-state index in [0.717, 1.165) is 19.2 Å². The van der Waals surface area contributed by atoms with E-state index in [1.165, 1.54) is 32.2 Å². The van der Waals surface area contributed by atoms with E-state index in [4.69, 9.17) is 4.74 Å². The second-order valence-corrected chi connectivity index (χ2v) is 3.89. The van der Waals surface area contributed by atoms with Crippen LogP contribution in [0.1, 0.15) is 32.6 Å². The molecule has 12 heavy (non-hydrogen) atoms. The highest BCUT2D eigenvalue weighted by Gasteiger charge is 2.32. The number of rotatable bonds is 1. The Hall–Kier alpha value is -0.0800. The number of fused-ring (bicyclic) bond motifs is 1. The van der Waals surface area contributed by atoms with E-state index in [1.807, 2.05) is 0 Å². The SMILES string of the molecule is CCN1CCOC2CCCCC21. The first-order valence-electron chi connectivity index (χ1n) is 5.27. The van der Waals surface area contributed by atoms with Crippen molar-refractivity contribution < 1.29 is 4.74 Å². The molecule has 0 N–H and O–H groups in total. The van der Waals surface area contributed by atoms with Crippen LogP contribution in [0.25, 0.3) is 0 Å². The van der Waals surface area contributed by atoms with Crippen LogP contribution in [0.2, 0.25) is 0 Å². The van der Waals surface area contributed by atoms with Gasteiger partial charge < -0.3 is 4.74 Å². The molecule has 1 saturated heterocycles. The lowest BCUT2D eigenvalue weighted by molar-refractivity contribution is -0.0862. The van der Waals surface area contributed by atoms with Crippen molar-refractivity contribution >= 4 is 0 Å².